The zero-order chi connectivity index (χ0) is 32.0. The van der Waals surface area contributed by atoms with Gasteiger partial charge in [0.25, 0.3) is 11.5 Å². The third kappa shape index (κ3) is 4.67. The van der Waals surface area contributed by atoms with E-state index in [0.29, 0.717) is 49.2 Å². The van der Waals surface area contributed by atoms with E-state index in [1.54, 1.807) is 16.4 Å². The van der Waals surface area contributed by atoms with Gasteiger partial charge in [-0.25, -0.2) is 9.97 Å². The SMILES string of the molecule is Cc1ncnc(C(=O)N2CCC3(CCc4c3c(=O)n3nc(Br)nc3n4CC(=O)Nc3ccc(C(F)(F)F)cc3Cl)C3CC32)c1O. The van der Waals surface area contributed by atoms with Gasteiger partial charge >= 0.3 is 6.18 Å². The van der Waals surface area contributed by atoms with Crippen LogP contribution in [-0.4, -0.2) is 63.5 Å². The summed E-state index contributed by atoms with van der Waals surface area (Å²) in [4.78, 5) is 54.6. The number of hydrogen-bond acceptors (Lipinski definition) is 8. The van der Waals surface area contributed by atoms with E-state index in [9.17, 15) is 32.7 Å². The number of rotatable bonds is 4. The number of likely N-dealkylation sites (tertiary alicyclic amines) is 1. The van der Waals surface area contributed by atoms with Crippen LogP contribution in [0.4, 0.5) is 18.9 Å². The molecule has 2 N–H and O–H groups in total. The molecule has 4 aromatic rings. The van der Waals surface area contributed by atoms with Crippen LogP contribution < -0.4 is 10.9 Å². The quantitative estimate of drug-likeness (QED) is 0.325. The smallest absolute Gasteiger partial charge is 0.416 e. The average molecular weight is 708 g/mol. The molecule has 0 bridgehead atoms. The van der Waals surface area contributed by atoms with Gasteiger partial charge in [-0.15, -0.1) is 5.10 Å². The number of fused-ring (bicyclic) bond motifs is 5. The summed E-state index contributed by atoms with van der Waals surface area (Å²) in [5.41, 5.74) is -0.488. The van der Waals surface area contributed by atoms with Crippen molar-refractivity contribution in [1.29, 1.82) is 0 Å². The van der Waals surface area contributed by atoms with Crippen molar-refractivity contribution in [3.8, 4) is 5.75 Å². The number of carbonyl (C=O) groups excluding carboxylic acids is 2. The predicted octanol–water partition coefficient (Wildman–Crippen LogP) is 3.89. The third-order valence-electron chi connectivity index (χ3n) is 9.14. The molecule has 3 aromatic heterocycles. The van der Waals surface area contributed by atoms with Crippen LogP contribution in [0.3, 0.4) is 0 Å². The minimum atomic E-state index is -4.59. The lowest BCUT2D eigenvalue weighted by Crippen LogP contribution is -2.48. The van der Waals surface area contributed by atoms with E-state index >= 15 is 0 Å². The predicted molar refractivity (Wildman–Crippen MR) is 156 cm³/mol. The number of aromatic nitrogens is 6. The Kier molecular flexibility index (Phi) is 6.74. The molecule has 3 unspecified atom stereocenters. The Morgan fingerprint density at radius 2 is 2.02 bits per heavy atom. The normalized spacial score (nSPS) is 22.0. The first-order valence-corrected chi connectivity index (χ1v) is 15.1. The van der Waals surface area contributed by atoms with Gasteiger partial charge < -0.3 is 19.9 Å². The summed E-state index contributed by atoms with van der Waals surface area (Å²) in [7, 11) is 0. The Morgan fingerprint density at radius 3 is 2.76 bits per heavy atom. The molecule has 234 valence electrons. The molecule has 4 heterocycles. The molecule has 12 nitrogen and oxygen atoms in total. The lowest BCUT2D eigenvalue weighted by molar-refractivity contribution is -0.137. The standard InChI is InChI=1S/C28H23BrClF3N8O4/c1-12-22(43)21(35-11-34-12)24(45)39-7-6-27(14-9-18(14)39)5-4-17-20(27)23(44)41-26(37-25(29)38-41)40(17)10-19(42)36-16-3-2-13(8-15(16)30)28(31,32)33/h2-3,8,11,14,18,43H,4-7,9-10H2,1H3,(H,36,42). The molecule has 1 spiro atoms. The summed E-state index contributed by atoms with van der Waals surface area (Å²) in [5, 5.41) is 16.9. The molecule has 3 aliphatic rings. The van der Waals surface area contributed by atoms with E-state index < -0.39 is 29.0 Å². The average Bonchev–Trinajstić information content (AvgIpc) is 3.57. The first-order chi connectivity index (χ1) is 21.3. The van der Waals surface area contributed by atoms with Crippen molar-refractivity contribution in [1.82, 2.24) is 34.0 Å². The maximum Gasteiger partial charge on any atom is 0.416 e. The van der Waals surface area contributed by atoms with Gasteiger partial charge in [0, 0.05) is 29.3 Å². The number of aryl methyl sites for hydroxylation is 1. The van der Waals surface area contributed by atoms with Crippen molar-refractivity contribution < 1.29 is 27.9 Å². The van der Waals surface area contributed by atoms with Crippen LogP contribution in [0.15, 0.2) is 34.1 Å². The Morgan fingerprint density at radius 1 is 1.24 bits per heavy atom. The number of aromatic hydroxyl groups is 1. The van der Waals surface area contributed by atoms with Gasteiger partial charge in [-0.1, -0.05) is 11.6 Å². The van der Waals surface area contributed by atoms with Crippen molar-refractivity contribution >= 4 is 50.8 Å². The number of carbonyl (C=O) groups is 2. The number of nitrogens with one attached hydrogen (secondary N) is 1. The fourth-order valence-corrected chi connectivity index (χ4v) is 7.56. The first kappa shape index (κ1) is 29.6. The second-order valence-corrected chi connectivity index (χ2v) is 12.6. The Hall–Kier alpha value is -4.05. The molecule has 45 heavy (non-hydrogen) atoms. The van der Waals surface area contributed by atoms with Gasteiger partial charge in [0.1, 0.15) is 12.9 Å². The molecular weight excluding hydrogens is 685 g/mol. The summed E-state index contributed by atoms with van der Waals surface area (Å²) in [5.74, 6) is -1.15. The molecule has 7 rings (SSSR count). The molecule has 2 aliphatic carbocycles. The minimum absolute atomic E-state index is 0.00488. The zero-order valence-corrected chi connectivity index (χ0v) is 25.7. The van der Waals surface area contributed by atoms with Crippen molar-refractivity contribution in [3.63, 3.8) is 0 Å². The molecule has 1 saturated heterocycles. The van der Waals surface area contributed by atoms with Crippen LogP contribution in [0.1, 0.15) is 52.3 Å². The van der Waals surface area contributed by atoms with E-state index in [0.717, 1.165) is 22.7 Å². The molecule has 3 atom stereocenters. The van der Waals surface area contributed by atoms with Crippen LogP contribution >= 0.6 is 27.5 Å². The van der Waals surface area contributed by atoms with Crippen LogP contribution in [0.5, 0.6) is 5.75 Å². The van der Waals surface area contributed by atoms with Gasteiger partial charge in [-0.05, 0) is 72.7 Å². The molecular formula is C28H23BrClF3N8O4. The topological polar surface area (TPSA) is 148 Å². The number of hydrogen-bond donors (Lipinski definition) is 2. The van der Waals surface area contributed by atoms with Gasteiger partial charge in [-0.2, -0.15) is 22.7 Å². The summed E-state index contributed by atoms with van der Waals surface area (Å²) < 4.78 is 42.1. The monoisotopic (exact) mass is 706 g/mol. The highest BCUT2D eigenvalue weighted by Crippen LogP contribution is 2.60. The number of anilines is 1. The van der Waals surface area contributed by atoms with Crippen LogP contribution in [0.2, 0.25) is 5.02 Å². The number of alkyl halides is 3. The lowest BCUT2D eigenvalue weighted by Gasteiger charge is -2.39. The van der Waals surface area contributed by atoms with Gasteiger partial charge in [0.05, 0.1) is 22.0 Å². The fraction of sp³-hybridized carbons (Fsp3) is 0.393. The largest absolute Gasteiger partial charge is 0.504 e. The van der Waals surface area contributed by atoms with Crippen molar-refractivity contribution in [3.05, 3.63) is 72.8 Å². The summed E-state index contributed by atoms with van der Waals surface area (Å²) in [6, 6.07) is 2.49. The number of benzene rings is 1. The second kappa shape index (κ2) is 10.2. The highest BCUT2D eigenvalue weighted by Gasteiger charge is 2.63. The van der Waals surface area contributed by atoms with Crippen LogP contribution in [0.25, 0.3) is 5.78 Å². The Balaban J connectivity index is 1.21. The van der Waals surface area contributed by atoms with E-state index in [1.807, 2.05) is 0 Å². The van der Waals surface area contributed by atoms with E-state index in [1.165, 1.54) is 6.33 Å². The maximum atomic E-state index is 14.0. The van der Waals surface area contributed by atoms with Gasteiger partial charge in [0.15, 0.2) is 11.4 Å². The van der Waals surface area contributed by atoms with Crippen molar-refractivity contribution in [2.45, 2.75) is 56.8 Å². The molecule has 2 fully saturated rings. The van der Waals surface area contributed by atoms with E-state index in [-0.39, 0.29) is 56.7 Å². The van der Waals surface area contributed by atoms with Crippen molar-refractivity contribution in [2.24, 2.45) is 5.92 Å². The van der Waals surface area contributed by atoms with Gasteiger partial charge in [0.2, 0.25) is 16.4 Å². The van der Waals surface area contributed by atoms with E-state index in [4.69, 9.17) is 11.6 Å². The highest BCUT2D eigenvalue weighted by atomic mass is 79.9. The highest BCUT2D eigenvalue weighted by molar-refractivity contribution is 9.10. The lowest BCUT2D eigenvalue weighted by atomic mass is 9.73. The number of halogens is 5. The second-order valence-electron chi connectivity index (χ2n) is 11.5. The Labute approximate surface area is 265 Å². The maximum absolute atomic E-state index is 14.0. The zero-order valence-electron chi connectivity index (χ0n) is 23.4. The molecule has 2 amide bonds. The van der Waals surface area contributed by atoms with Crippen molar-refractivity contribution in [2.75, 3.05) is 11.9 Å². The minimum Gasteiger partial charge on any atom is -0.504 e. The summed E-state index contributed by atoms with van der Waals surface area (Å²) in [6.07, 6.45) is -1.16. The third-order valence-corrected chi connectivity index (χ3v) is 9.79. The fourth-order valence-electron chi connectivity index (χ4n) is 7.02. The number of nitrogens with zero attached hydrogens (tertiary/aromatic N) is 7. The number of amides is 2. The van der Waals surface area contributed by atoms with Crippen LogP contribution in [-0.2, 0) is 29.4 Å². The first-order valence-electron chi connectivity index (χ1n) is 14.0. The molecule has 0 radical (unpaired) electrons. The molecule has 1 saturated carbocycles. The molecule has 17 heteroatoms. The summed E-state index contributed by atoms with van der Waals surface area (Å²) >= 11 is 9.28. The van der Waals surface area contributed by atoms with Gasteiger partial charge in [-0.3, -0.25) is 14.4 Å². The summed E-state index contributed by atoms with van der Waals surface area (Å²) in [6.45, 7) is 1.60. The van der Waals surface area contributed by atoms with E-state index in [2.05, 4.69) is 41.3 Å². The molecule has 1 aliphatic heterocycles. The number of piperidine rings is 1. The Bertz CT molecular complexity index is 2000. The van der Waals surface area contributed by atoms with Crippen LogP contribution in [0, 0.1) is 12.8 Å². The molecule has 1 aromatic carbocycles.